The maximum absolute atomic E-state index is 10.8. The molecule has 0 spiro atoms. The van der Waals surface area contributed by atoms with Gasteiger partial charge in [0.25, 0.3) is 0 Å². The third-order valence-electron chi connectivity index (χ3n) is 1.71. The highest BCUT2D eigenvalue weighted by atomic mass is 32.2. The van der Waals surface area contributed by atoms with Crippen molar-refractivity contribution in [2.75, 3.05) is 23.9 Å². The number of para-hydroxylation sites is 1. The van der Waals surface area contributed by atoms with E-state index in [1.165, 1.54) is 0 Å². The minimum absolute atomic E-state index is 0.353. The number of hydrogen-bond donors (Lipinski definition) is 2. The maximum atomic E-state index is 10.8. The van der Waals surface area contributed by atoms with Gasteiger partial charge in [0.1, 0.15) is 0 Å². The van der Waals surface area contributed by atoms with Gasteiger partial charge in [0.15, 0.2) is 5.96 Å². The first kappa shape index (κ1) is 11.7. The molecule has 0 saturated carbocycles. The monoisotopic (exact) mass is 225 g/mol. The maximum Gasteiger partial charge on any atom is 0.193 e. The van der Waals surface area contributed by atoms with Crippen LogP contribution in [0.4, 0.5) is 5.69 Å². The van der Waals surface area contributed by atoms with E-state index in [0.29, 0.717) is 18.3 Å². The first-order valence-electron chi connectivity index (χ1n) is 4.60. The Bertz CT molecular complexity index is 351. The summed E-state index contributed by atoms with van der Waals surface area (Å²) in [7, 11) is -0.819. The van der Waals surface area contributed by atoms with Gasteiger partial charge in [0.05, 0.1) is 6.54 Å². The fourth-order valence-electron chi connectivity index (χ4n) is 1.00. The van der Waals surface area contributed by atoms with Gasteiger partial charge < -0.3 is 11.1 Å². The van der Waals surface area contributed by atoms with Crippen molar-refractivity contribution in [3.63, 3.8) is 0 Å². The quantitative estimate of drug-likeness (QED) is 0.588. The number of hydrogen-bond acceptors (Lipinski definition) is 2. The zero-order valence-electron chi connectivity index (χ0n) is 8.64. The minimum Gasteiger partial charge on any atom is -0.370 e. The van der Waals surface area contributed by atoms with E-state index in [0.717, 1.165) is 5.69 Å². The van der Waals surface area contributed by atoms with E-state index >= 15 is 0 Å². The molecule has 1 atom stereocenters. The number of nitrogens with zero attached hydrogens (tertiary/aromatic N) is 1. The minimum atomic E-state index is -0.819. The van der Waals surface area contributed by atoms with Crippen LogP contribution in [0.3, 0.4) is 0 Å². The zero-order chi connectivity index (χ0) is 11.1. The van der Waals surface area contributed by atoms with Crippen LogP contribution < -0.4 is 11.1 Å². The molecule has 1 aromatic rings. The second-order valence-electron chi connectivity index (χ2n) is 3.04. The number of aliphatic imine (C=N–C) groups is 1. The summed E-state index contributed by atoms with van der Waals surface area (Å²) in [5.74, 6) is 0.892. The highest BCUT2D eigenvalue weighted by Crippen LogP contribution is 2.03. The van der Waals surface area contributed by atoms with Crippen LogP contribution in [0.15, 0.2) is 35.3 Å². The van der Waals surface area contributed by atoms with Crippen molar-refractivity contribution in [3.05, 3.63) is 30.3 Å². The van der Waals surface area contributed by atoms with E-state index in [4.69, 9.17) is 5.73 Å². The van der Waals surface area contributed by atoms with Crippen LogP contribution in [0.25, 0.3) is 0 Å². The number of rotatable bonds is 4. The number of nitrogens with one attached hydrogen (secondary N) is 1. The van der Waals surface area contributed by atoms with E-state index in [-0.39, 0.29) is 0 Å². The molecule has 3 N–H and O–H groups in total. The van der Waals surface area contributed by atoms with Gasteiger partial charge in [-0.05, 0) is 12.1 Å². The SMILES string of the molecule is CS(=O)CCN=C(N)Nc1ccccc1. The molecule has 0 radical (unpaired) electrons. The van der Waals surface area contributed by atoms with Crippen molar-refractivity contribution in [3.8, 4) is 0 Å². The van der Waals surface area contributed by atoms with Gasteiger partial charge in [-0.15, -0.1) is 0 Å². The summed E-state index contributed by atoms with van der Waals surface area (Å²) in [4.78, 5) is 4.05. The Labute approximate surface area is 92.1 Å². The normalized spacial score (nSPS) is 13.5. The number of benzene rings is 1. The summed E-state index contributed by atoms with van der Waals surface area (Å²) in [5, 5.41) is 2.94. The molecule has 0 aromatic heterocycles. The van der Waals surface area contributed by atoms with Crippen LogP contribution in [-0.4, -0.2) is 28.7 Å². The summed E-state index contributed by atoms with van der Waals surface area (Å²) in [5.41, 5.74) is 6.53. The topological polar surface area (TPSA) is 67.5 Å². The van der Waals surface area contributed by atoms with Gasteiger partial charge in [0.2, 0.25) is 0 Å². The second kappa shape index (κ2) is 6.19. The molecule has 0 aliphatic heterocycles. The Morgan fingerprint density at radius 1 is 1.47 bits per heavy atom. The predicted molar refractivity (Wildman–Crippen MR) is 65.5 cm³/mol. The van der Waals surface area contributed by atoms with Crippen molar-refractivity contribution in [1.29, 1.82) is 0 Å². The number of guanidine groups is 1. The standard InChI is InChI=1S/C10H15N3OS/c1-15(14)8-7-12-10(11)13-9-5-3-2-4-6-9/h2-6H,7-8H2,1H3,(H3,11,12,13). The van der Waals surface area contributed by atoms with Crippen LogP contribution in [0.1, 0.15) is 0 Å². The van der Waals surface area contributed by atoms with Crippen LogP contribution in [0, 0.1) is 0 Å². The van der Waals surface area contributed by atoms with Crippen molar-refractivity contribution in [1.82, 2.24) is 0 Å². The summed E-state index contributed by atoms with van der Waals surface area (Å²) >= 11 is 0. The molecule has 0 fully saturated rings. The fraction of sp³-hybridized carbons (Fsp3) is 0.300. The Balaban J connectivity index is 2.41. The van der Waals surface area contributed by atoms with Crippen LogP contribution in [0.2, 0.25) is 0 Å². The highest BCUT2D eigenvalue weighted by molar-refractivity contribution is 7.84. The first-order chi connectivity index (χ1) is 7.18. The highest BCUT2D eigenvalue weighted by Gasteiger charge is 1.93. The van der Waals surface area contributed by atoms with E-state index in [9.17, 15) is 4.21 Å². The molecule has 0 heterocycles. The summed E-state index contributed by atoms with van der Waals surface area (Å²) in [6.45, 7) is 0.481. The van der Waals surface area contributed by atoms with Crippen LogP contribution in [0.5, 0.6) is 0 Å². The molecule has 0 aliphatic carbocycles. The smallest absolute Gasteiger partial charge is 0.193 e. The molecule has 1 rings (SSSR count). The fourth-order valence-corrected chi connectivity index (χ4v) is 1.35. The molecule has 1 unspecified atom stereocenters. The Morgan fingerprint density at radius 2 is 2.13 bits per heavy atom. The lowest BCUT2D eigenvalue weighted by molar-refractivity contribution is 0.686. The van der Waals surface area contributed by atoms with Gasteiger partial charge in [0, 0.05) is 28.5 Å². The van der Waals surface area contributed by atoms with Crippen LogP contribution in [-0.2, 0) is 10.8 Å². The Hall–Kier alpha value is -1.36. The average molecular weight is 225 g/mol. The third-order valence-corrected chi connectivity index (χ3v) is 2.46. The molecule has 5 heteroatoms. The molecule has 1 aromatic carbocycles. The molecule has 0 saturated heterocycles. The number of nitrogens with two attached hydrogens (primary N) is 1. The van der Waals surface area contributed by atoms with Gasteiger partial charge >= 0.3 is 0 Å². The molecular formula is C10H15N3OS. The molecule has 82 valence electrons. The average Bonchev–Trinajstić information content (AvgIpc) is 2.18. The lowest BCUT2D eigenvalue weighted by atomic mass is 10.3. The summed E-state index contributed by atoms with van der Waals surface area (Å²) in [6.07, 6.45) is 1.65. The molecule has 0 aliphatic rings. The van der Waals surface area contributed by atoms with Crippen LogP contribution >= 0.6 is 0 Å². The van der Waals surface area contributed by atoms with E-state index in [2.05, 4.69) is 10.3 Å². The lowest BCUT2D eigenvalue weighted by Crippen LogP contribution is -2.23. The summed E-state index contributed by atoms with van der Waals surface area (Å²) < 4.78 is 10.8. The van der Waals surface area contributed by atoms with Crippen molar-refractivity contribution >= 4 is 22.4 Å². The second-order valence-corrected chi connectivity index (χ2v) is 4.59. The molecule has 0 bridgehead atoms. The Kier molecular flexibility index (Phi) is 4.83. The Morgan fingerprint density at radius 3 is 2.73 bits per heavy atom. The van der Waals surface area contributed by atoms with Gasteiger partial charge in [-0.25, -0.2) is 0 Å². The summed E-state index contributed by atoms with van der Waals surface area (Å²) in [6, 6.07) is 9.56. The molecule has 0 amide bonds. The van der Waals surface area contributed by atoms with E-state index < -0.39 is 10.8 Å². The first-order valence-corrected chi connectivity index (χ1v) is 6.33. The van der Waals surface area contributed by atoms with E-state index in [1.54, 1.807) is 6.26 Å². The number of anilines is 1. The molecule has 4 nitrogen and oxygen atoms in total. The lowest BCUT2D eigenvalue weighted by Gasteiger charge is -2.04. The van der Waals surface area contributed by atoms with Crippen molar-refractivity contribution < 1.29 is 4.21 Å². The van der Waals surface area contributed by atoms with Gasteiger partial charge in [-0.2, -0.15) is 0 Å². The van der Waals surface area contributed by atoms with Gasteiger partial charge in [-0.1, -0.05) is 18.2 Å². The van der Waals surface area contributed by atoms with Crippen molar-refractivity contribution in [2.45, 2.75) is 0 Å². The van der Waals surface area contributed by atoms with E-state index in [1.807, 2.05) is 30.3 Å². The van der Waals surface area contributed by atoms with Crippen molar-refractivity contribution in [2.24, 2.45) is 10.7 Å². The third kappa shape index (κ3) is 5.17. The molecular weight excluding hydrogens is 210 g/mol. The van der Waals surface area contributed by atoms with Gasteiger partial charge in [-0.3, -0.25) is 9.20 Å². The largest absolute Gasteiger partial charge is 0.370 e. The zero-order valence-corrected chi connectivity index (χ0v) is 9.46. The molecule has 15 heavy (non-hydrogen) atoms. The predicted octanol–water partition coefficient (Wildman–Crippen LogP) is 0.792.